The van der Waals surface area contributed by atoms with Crippen molar-refractivity contribution < 1.29 is 18.7 Å². The minimum absolute atomic E-state index is 0.0756. The first-order valence-corrected chi connectivity index (χ1v) is 6.72. The number of benzene rings is 2. The summed E-state index contributed by atoms with van der Waals surface area (Å²) >= 11 is 5.93. The second-order valence-electron chi connectivity index (χ2n) is 4.26. The summed E-state index contributed by atoms with van der Waals surface area (Å²) in [6, 6.07) is 10.8. The molecule has 0 aliphatic rings. The lowest BCUT2D eigenvalue weighted by molar-refractivity contribution is 0.102. The number of ether oxygens (including phenoxy) is 2. The number of hydrogen-bond donors (Lipinski definition) is 0. The van der Waals surface area contributed by atoms with E-state index in [0.29, 0.717) is 19.0 Å². The van der Waals surface area contributed by atoms with E-state index in [1.165, 1.54) is 18.2 Å². The largest absolute Gasteiger partial charge is 0.490 e. The molecule has 0 heterocycles. The first-order valence-electron chi connectivity index (χ1n) is 6.34. The molecule has 0 spiro atoms. The normalized spacial score (nSPS) is 10.4. The fraction of sp³-hybridized carbons (Fsp3) is 0.188. The number of methoxy groups -OCH3 is 1. The van der Waals surface area contributed by atoms with Crippen LogP contribution >= 0.6 is 11.6 Å². The first-order chi connectivity index (χ1) is 10.1. The number of carbonyl (C=O) groups is 1. The van der Waals surface area contributed by atoms with Gasteiger partial charge in [0.05, 0.1) is 22.8 Å². The van der Waals surface area contributed by atoms with Gasteiger partial charge < -0.3 is 9.47 Å². The summed E-state index contributed by atoms with van der Waals surface area (Å²) < 4.78 is 24.2. The van der Waals surface area contributed by atoms with E-state index in [0.717, 1.165) is 0 Å². The molecule has 0 fully saturated rings. The standard InChI is InChI=1S/C16H14ClFO3/c1-20-9-10-21-14-8-3-2-5-11(14)16(19)15-12(17)6-4-7-13(15)18/h2-8H,9-10H2,1H3. The molecule has 0 unspecified atom stereocenters. The van der Waals surface area contributed by atoms with Crippen LogP contribution < -0.4 is 4.74 Å². The average Bonchev–Trinajstić information content (AvgIpc) is 2.47. The molecule has 0 aromatic heterocycles. The monoisotopic (exact) mass is 308 g/mol. The van der Waals surface area contributed by atoms with E-state index in [1.807, 2.05) is 0 Å². The van der Waals surface area contributed by atoms with Crippen molar-refractivity contribution in [3.8, 4) is 5.75 Å². The lowest BCUT2D eigenvalue weighted by atomic mass is 10.0. The number of rotatable bonds is 6. The predicted octanol–water partition coefficient (Wildman–Crippen LogP) is 3.74. The van der Waals surface area contributed by atoms with E-state index >= 15 is 0 Å². The van der Waals surface area contributed by atoms with Gasteiger partial charge in [-0.3, -0.25) is 4.79 Å². The van der Waals surface area contributed by atoms with E-state index in [9.17, 15) is 9.18 Å². The van der Waals surface area contributed by atoms with Gasteiger partial charge in [0.25, 0.3) is 0 Å². The summed E-state index contributed by atoms with van der Waals surface area (Å²) in [6.45, 7) is 0.689. The molecule has 0 aliphatic heterocycles. The zero-order valence-corrected chi connectivity index (χ0v) is 12.2. The number of ketones is 1. The summed E-state index contributed by atoms with van der Waals surface area (Å²) in [7, 11) is 1.56. The Labute approximate surface area is 127 Å². The van der Waals surface area contributed by atoms with Gasteiger partial charge in [0.15, 0.2) is 0 Å². The van der Waals surface area contributed by atoms with Gasteiger partial charge in [0.1, 0.15) is 18.2 Å². The van der Waals surface area contributed by atoms with Gasteiger partial charge in [0.2, 0.25) is 5.78 Å². The molecule has 21 heavy (non-hydrogen) atoms. The summed E-state index contributed by atoms with van der Waals surface area (Å²) in [5.74, 6) is -0.788. The Hall–Kier alpha value is -1.91. The quantitative estimate of drug-likeness (QED) is 0.602. The first kappa shape index (κ1) is 15.5. The SMILES string of the molecule is COCCOc1ccccc1C(=O)c1c(F)cccc1Cl. The van der Waals surface area contributed by atoms with E-state index in [1.54, 1.807) is 31.4 Å². The topological polar surface area (TPSA) is 35.5 Å². The van der Waals surface area contributed by atoms with E-state index in [-0.39, 0.29) is 16.1 Å². The smallest absolute Gasteiger partial charge is 0.201 e. The van der Waals surface area contributed by atoms with Crippen molar-refractivity contribution >= 4 is 17.4 Å². The van der Waals surface area contributed by atoms with Crippen LogP contribution in [-0.4, -0.2) is 26.1 Å². The maximum absolute atomic E-state index is 13.9. The summed E-state index contributed by atoms with van der Waals surface area (Å²) in [6.07, 6.45) is 0. The average molecular weight is 309 g/mol. The molecule has 0 bridgehead atoms. The minimum atomic E-state index is -0.654. The van der Waals surface area contributed by atoms with Gasteiger partial charge in [-0.15, -0.1) is 0 Å². The van der Waals surface area contributed by atoms with E-state index in [4.69, 9.17) is 21.1 Å². The third-order valence-electron chi connectivity index (χ3n) is 2.87. The van der Waals surface area contributed by atoms with Gasteiger partial charge in [-0.1, -0.05) is 29.8 Å². The fourth-order valence-corrected chi connectivity index (χ4v) is 2.11. The predicted molar refractivity (Wildman–Crippen MR) is 78.7 cm³/mol. The molecule has 0 aliphatic carbocycles. The molecule has 0 amide bonds. The maximum atomic E-state index is 13.9. The van der Waals surface area contributed by atoms with Crippen molar-refractivity contribution in [1.82, 2.24) is 0 Å². The minimum Gasteiger partial charge on any atom is -0.490 e. The highest BCUT2D eigenvalue weighted by molar-refractivity contribution is 6.35. The van der Waals surface area contributed by atoms with Crippen molar-refractivity contribution in [2.24, 2.45) is 0 Å². The van der Waals surface area contributed by atoms with Crippen LogP contribution in [0.3, 0.4) is 0 Å². The van der Waals surface area contributed by atoms with Crippen LogP contribution in [0.1, 0.15) is 15.9 Å². The van der Waals surface area contributed by atoms with Crippen LogP contribution in [0, 0.1) is 5.82 Å². The zero-order valence-electron chi connectivity index (χ0n) is 11.4. The van der Waals surface area contributed by atoms with Crippen LogP contribution in [0.4, 0.5) is 4.39 Å². The molecule has 5 heteroatoms. The molecule has 0 N–H and O–H groups in total. The second kappa shape index (κ2) is 7.20. The lowest BCUT2D eigenvalue weighted by Crippen LogP contribution is -2.10. The number of hydrogen-bond acceptors (Lipinski definition) is 3. The van der Waals surface area contributed by atoms with Crippen molar-refractivity contribution in [2.75, 3.05) is 20.3 Å². The molecule has 0 saturated heterocycles. The van der Waals surface area contributed by atoms with Gasteiger partial charge >= 0.3 is 0 Å². The van der Waals surface area contributed by atoms with Gasteiger partial charge in [0, 0.05) is 7.11 Å². The Morgan fingerprint density at radius 2 is 1.90 bits per heavy atom. The Morgan fingerprint density at radius 3 is 2.62 bits per heavy atom. The van der Waals surface area contributed by atoms with Crippen molar-refractivity contribution in [3.63, 3.8) is 0 Å². The highest BCUT2D eigenvalue weighted by Gasteiger charge is 2.20. The molecule has 110 valence electrons. The molecule has 0 radical (unpaired) electrons. The highest BCUT2D eigenvalue weighted by atomic mass is 35.5. The summed E-state index contributed by atoms with van der Waals surface area (Å²) in [5, 5.41) is 0.0756. The van der Waals surface area contributed by atoms with Gasteiger partial charge in [-0.05, 0) is 24.3 Å². The number of para-hydroxylation sites is 1. The van der Waals surface area contributed by atoms with Crippen LogP contribution in [0.5, 0.6) is 5.75 Å². The zero-order chi connectivity index (χ0) is 15.2. The Kier molecular flexibility index (Phi) is 5.31. The molecule has 2 aromatic carbocycles. The van der Waals surface area contributed by atoms with Crippen LogP contribution in [0.25, 0.3) is 0 Å². The maximum Gasteiger partial charge on any atom is 0.201 e. The Balaban J connectivity index is 2.35. The molecular weight excluding hydrogens is 295 g/mol. The third-order valence-corrected chi connectivity index (χ3v) is 3.18. The van der Waals surface area contributed by atoms with E-state index in [2.05, 4.69) is 0 Å². The van der Waals surface area contributed by atoms with Gasteiger partial charge in [-0.25, -0.2) is 4.39 Å². The molecule has 0 saturated carbocycles. The van der Waals surface area contributed by atoms with Crippen molar-refractivity contribution in [3.05, 3.63) is 64.4 Å². The number of carbonyl (C=O) groups excluding carboxylic acids is 1. The fourth-order valence-electron chi connectivity index (χ4n) is 1.86. The van der Waals surface area contributed by atoms with Gasteiger partial charge in [-0.2, -0.15) is 0 Å². The molecular formula is C16H14ClFO3. The van der Waals surface area contributed by atoms with E-state index < -0.39 is 11.6 Å². The van der Waals surface area contributed by atoms with Crippen LogP contribution in [0.15, 0.2) is 42.5 Å². The Morgan fingerprint density at radius 1 is 1.14 bits per heavy atom. The van der Waals surface area contributed by atoms with Crippen molar-refractivity contribution in [1.29, 1.82) is 0 Å². The summed E-state index contributed by atoms with van der Waals surface area (Å²) in [5.41, 5.74) is 0.113. The highest BCUT2D eigenvalue weighted by Crippen LogP contribution is 2.27. The lowest BCUT2D eigenvalue weighted by Gasteiger charge is -2.11. The molecule has 3 nitrogen and oxygen atoms in total. The third kappa shape index (κ3) is 3.60. The summed E-state index contributed by atoms with van der Waals surface area (Å²) in [4.78, 5) is 12.5. The number of halogens is 2. The Bertz CT molecular complexity index is 623. The van der Waals surface area contributed by atoms with Crippen LogP contribution in [0.2, 0.25) is 5.02 Å². The molecule has 2 rings (SSSR count). The molecule has 0 atom stereocenters. The second-order valence-corrected chi connectivity index (χ2v) is 4.67. The molecule has 2 aromatic rings. The van der Waals surface area contributed by atoms with Crippen molar-refractivity contribution in [2.45, 2.75) is 0 Å². The van der Waals surface area contributed by atoms with Crippen LogP contribution in [-0.2, 0) is 4.74 Å².